The lowest BCUT2D eigenvalue weighted by atomic mass is 9.99. The molecule has 1 heterocycles. The van der Waals surface area contributed by atoms with Crippen LogP contribution in [0.4, 0.5) is 4.39 Å². The van der Waals surface area contributed by atoms with Crippen LogP contribution in [-0.4, -0.2) is 4.98 Å². The molecule has 0 aliphatic rings. The molecule has 3 aromatic rings. The second kappa shape index (κ2) is 4.49. The van der Waals surface area contributed by atoms with Crippen molar-refractivity contribution in [3.8, 4) is 22.3 Å². The predicted molar refractivity (Wildman–Crippen MR) is 71.6 cm³/mol. The molecule has 1 N–H and O–H groups in total. The molecule has 0 amide bonds. The van der Waals surface area contributed by atoms with Crippen molar-refractivity contribution in [2.24, 2.45) is 0 Å². The van der Waals surface area contributed by atoms with Gasteiger partial charge in [-0.15, -0.1) is 0 Å². The van der Waals surface area contributed by atoms with Crippen molar-refractivity contribution >= 4 is 0 Å². The summed E-state index contributed by atoms with van der Waals surface area (Å²) >= 11 is 0. The first-order valence-corrected chi connectivity index (χ1v) is 5.83. The van der Waals surface area contributed by atoms with E-state index in [0.29, 0.717) is 0 Å². The zero-order valence-electron chi connectivity index (χ0n) is 9.73. The Kier molecular flexibility index (Phi) is 2.69. The largest absolute Gasteiger partial charge is 0.366 e. The molecule has 1 nitrogen and oxygen atoms in total. The van der Waals surface area contributed by atoms with E-state index < -0.39 is 0 Å². The van der Waals surface area contributed by atoms with Crippen LogP contribution in [0.1, 0.15) is 0 Å². The van der Waals surface area contributed by atoms with Crippen LogP contribution in [0.5, 0.6) is 0 Å². The summed E-state index contributed by atoms with van der Waals surface area (Å²) < 4.78 is 12.9. The summed E-state index contributed by atoms with van der Waals surface area (Å²) in [5.74, 6) is -0.212. The Bertz CT molecular complexity index is 638. The van der Waals surface area contributed by atoms with Crippen molar-refractivity contribution < 1.29 is 4.39 Å². The lowest BCUT2D eigenvalue weighted by Gasteiger charge is -2.04. The molecule has 0 aliphatic carbocycles. The molecule has 0 radical (unpaired) electrons. The maximum absolute atomic E-state index is 12.9. The van der Waals surface area contributed by atoms with E-state index in [4.69, 9.17) is 0 Å². The molecule has 0 saturated carbocycles. The van der Waals surface area contributed by atoms with Crippen LogP contribution in [0.2, 0.25) is 0 Å². The SMILES string of the molecule is Fc1ccc(-c2c[nH]cc2-c2ccccc2)cc1. The first-order chi connectivity index (χ1) is 8.84. The number of benzene rings is 2. The van der Waals surface area contributed by atoms with E-state index in [0.717, 1.165) is 22.3 Å². The third kappa shape index (κ3) is 1.93. The highest BCUT2D eigenvalue weighted by molar-refractivity contribution is 5.82. The average Bonchev–Trinajstić information content (AvgIpc) is 2.90. The Hall–Kier alpha value is -2.35. The molecule has 2 heteroatoms. The fraction of sp³-hybridized carbons (Fsp3) is 0. The van der Waals surface area contributed by atoms with Crippen LogP contribution in [0.3, 0.4) is 0 Å². The van der Waals surface area contributed by atoms with Crippen molar-refractivity contribution in [2.45, 2.75) is 0 Å². The summed E-state index contributed by atoms with van der Waals surface area (Å²) in [7, 11) is 0. The maximum atomic E-state index is 12.9. The van der Waals surface area contributed by atoms with E-state index in [2.05, 4.69) is 17.1 Å². The van der Waals surface area contributed by atoms with Gasteiger partial charge in [0, 0.05) is 23.5 Å². The second-order valence-corrected chi connectivity index (χ2v) is 4.16. The summed E-state index contributed by atoms with van der Waals surface area (Å²) in [6.45, 7) is 0. The maximum Gasteiger partial charge on any atom is 0.123 e. The first-order valence-electron chi connectivity index (χ1n) is 5.83. The molecule has 0 spiro atoms. The Morgan fingerprint density at radius 3 is 1.83 bits per heavy atom. The van der Waals surface area contributed by atoms with Crippen molar-refractivity contribution in [2.75, 3.05) is 0 Å². The summed E-state index contributed by atoms with van der Waals surface area (Å²) in [4.78, 5) is 3.12. The summed E-state index contributed by atoms with van der Waals surface area (Å²) in [5.41, 5.74) is 4.37. The minimum Gasteiger partial charge on any atom is -0.366 e. The zero-order chi connectivity index (χ0) is 12.4. The van der Waals surface area contributed by atoms with Crippen LogP contribution in [0.25, 0.3) is 22.3 Å². The van der Waals surface area contributed by atoms with E-state index in [1.165, 1.54) is 12.1 Å². The Morgan fingerprint density at radius 2 is 1.22 bits per heavy atom. The van der Waals surface area contributed by atoms with Gasteiger partial charge in [-0.1, -0.05) is 42.5 Å². The number of rotatable bonds is 2. The number of nitrogens with one attached hydrogen (secondary N) is 1. The molecule has 0 unspecified atom stereocenters. The summed E-state index contributed by atoms with van der Waals surface area (Å²) in [6, 6.07) is 16.7. The number of hydrogen-bond acceptors (Lipinski definition) is 0. The standard InChI is InChI=1S/C16H12FN/c17-14-8-6-13(7-9-14)16-11-18-10-15(16)12-4-2-1-3-5-12/h1-11,18H. The van der Waals surface area contributed by atoms with Gasteiger partial charge in [0.1, 0.15) is 5.82 Å². The van der Waals surface area contributed by atoms with Gasteiger partial charge in [-0.05, 0) is 23.3 Å². The molecule has 0 saturated heterocycles. The van der Waals surface area contributed by atoms with Gasteiger partial charge in [0.05, 0.1) is 0 Å². The van der Waals surface area contributed by atoms with Gasteiger partial charge in [-0.2, -0.15) is 0 Å². The van der Waals surface area contributed by atoms with Crippen molar-refractivity contribution in [1.82, 2.24) is 4.98 Å². The Labute approximate surface area is 105 Å². The molecule has 18 heavy (non-hydrogen) atoms. The predicted octanol–water partition coefficient (Wildman–Crippen LogP) is 4.49. The molecular formula is C16H12FN. The summed E-state index contributed by atoms with van der Waals surface area (Å²) in [6.07, 6.45) is 3.91. The molecular weight excluding hydrogens is 225 g/mol. The summed E-state index contributed by atoms with van der Waals surface area (Å²) in [5, 5.41) is 0. The van der Waals surface area contributed by atoms with E-state index in [1.54, 1.807) is 12.1 Å². The molecule has 88 valence electrons. The van der Waals surface area contributed by atoms with E-state index in [-0.39, 0.29) is 5.82 Å². The van der Waals surface area contributed by atoms with Crippen molar-refractivity contribution in [3.05, 3.63) is 72.8 Å². The van der Waals surface area contributed by atoms with Gasteiger partial charge in [0.25, 0.3) is 0 Å². The zero-order valence-corrected chi connectivity index (χ0v) is 9.73. The van der Waals surface area contributed by atoms with Crippen LogP contribution >= 0.6 is 0 Å². The number of hydrogen-bond donors (Lipinski definition) is 1. The third-order valence-electron chi connectivity index (χ3n) is 2.99. The molecule has 0 fully saturated rings. The Balaban J connectivity index is 2.10. The van der Waals surface area contributed by atoms with Crippen LogP contribution in [-0.2, 0) is 0 Å². The normalized spacial score (nSPS) is 10.5. The highest BCUT2D eigenvalue weighted by atomic mass is 19.1. The van der Waals surface area contributed by atoms with Gasteiger partial charge < -0.3 is 4.98 Å². The minimum atomic E-state index is -0.212. The third-order valence-corrected chi connectivity index (χ3v) is 2.99. The molecule has 0 atom stereocenters. The fourth-order valence-electron chi connectivity index (χ4n) is 2.09. The van der Waals surface area contributed by atoms with E-state index in [9.17, 15) is 4.39 Å². The molecule has 3 rings (SSSR count). The van der Waals surface area contributed by atoms with Crippen LogP contribution in [0.15, 0.2) is 67.0 Å². The quantitative estimate of drug-likeness (QED) is 0.676. The fourth-order valence-corrected chi connectivity index (χ4v) is 2.09. The van der Waals surface area contributed by atoms with Gasteiger partial charge in [0.15, 0.2) is 0 Å². The van der Waals surface area contributed by atoms with Gasteiger partial charge in [-0.25, -0.2) is 4.39 Å². The topological polar surface area (TPSA) is 15.8 Å². The number of H-pyrrole nitrogens is 1. The minimum absolute atomic E-state index is 0.212. The average molecular weight is 237 g/mol. The van der Waals surface area contributed by atoms with Crippen LogP contribution in [0, 0.1) is 5.82 Å². The Morgan fingerprint density at radius 1 is 0.667 bits per heavy atom. The van der Waals surface area contributed by atoms with Crippen molar-refractivity contribution in [1.29, 1.82) is 0 Å². The van der Waals surface area contributed by atoms with Gasteiger partial charge in [-0.3, -0.25) is 0 Å². The van der Waals surface area contributed by atoms with Gasteiger partial charge >= 0.3 is 0 Å². The lowest BCUT2D eigenvalue weighted by molar-refractivity contribution is 0.628. The second-order valence-electron chi connectivity index (χ2n) is 4.16. The molecule has 0 bridgehead atoms. The van der Waals surface area contributed by atoms with Crippen LogP contribution < -0.4 is 0 Å². The highest BCUT2D eigenvalue weighted by Crippen LogP contribution is 2.31. The monoisotopic (exact) mass is 237 g/mol. The molecule has 2 aromatic carbocycles. The number of aromatic amines is 1. The van der Waals surface area contributed by atoms with E-state index >= 15 is 0 Å². The van der Waals surface area contributed by atoms with Crippen molar-refractivity contribution in [3.63, 3.8) is 0 Å². The lowest BCUT2D eigenvalue weighted by Crippen LogP contribution is -1.80. The van der Waals surface area contributed by atoms with E-state index in [1.807, 2.05) is 30.6 Å². The highest BCUT2D eigenvalue weighted by Gasteiger charge is 2.07. The van der Waals surface area contributed by atoms with Gasteiger partial charge in [0.2, 0.25) is 0 Å². The number of halogens is 1. The molecule has 1 aromatic heterocycles. The first kappa shape index (κ1) is 10.8. The smallest absolute Gasteiger partial charge is 0.123 e. The molecule has 0 aliphatic heterocycles. The number of aromatic nitrogens is 1.